The van der Waals surface area contributed by atoms with E-state index >= 15 is 0 Å². The third-order valence-electron chi connectivity index (χ3n) is 3.84. The van der Waals surface area contributed by atoms with Crippen molar-refractivity contribution in [1.29, 1.82) is 0 Å². The van der Waals surface area contributed by atoms with Crippen molar-refractivity contribution in [2.75, 3.05) is 54.6 Å². The molecule has 162 valence electrons. The van der Waals surface area contributed by atoms with Crippen molar-refractivity contribution in [3.05, 3.63) is 23.8 Å². The molecule has 0 aliphatic rings. The Kier molecular flexibility index (Phi) is 14.7. The highest BCUT2D eigenvalue weighted by atomic mass is 127. The molecule has 28 heavy (non-hydrogen) atoms. The number of nitrogens with zero attached hydrogens (tertiary/aromatic N) is 2. The second-order valence-electron chi connectivity index (χ2n) is 5.85. The van der Waals surface area contributed by atoms with E-state index in [2.05, 4.69) is 25.3 Å². The predicted octanol–water partition coefficient (Wildman–Crippen LogP) is 2.55. The first-order valence-electron chi connectivity index (χ1n) is 8.73. The second-order valence-corrected chi connectivity index (χ2v) is 5.85. The Hall–Kier alpha value is -1.40. The molecule has 7 nitrogen and oxygen atoms in total. The summed E-state index contributed by atoms with van der Waals surface area (Å²) in [7, 11) is 6.90. The molecule has 0 atom stereocenters. The Morgan fingerprint density at radius 1 is 1.21 bits per heavy atom. The fourth-order valence-electron chi connectivity index (χ4n) is 2.35. The summed E-state index contributed by atoms with van der Waals surface area (Å²) >= 11 is 0. The minimum atomic E-state index is -2.88. The van der Waals surface area contributed by atoms with Gasteiger partial charge in [-0.2, -0.15) is 8.78 Å². The molecule has 0 amide bonds. The van der Waals surface area contributed by atoms with Gasteiger partial charge in [0.25, 0.3) is 0 Å². The highest BCUT2D eigenvalue weighted by Crippen LogP contribution is 2.25. The van der Waals surface area contributed by atoms with Crippen LogP contribution >= 0.6 is 24.0 Å². The Morgan fingerprint density at radius 2 is 1.96 bits per heavy atom. The lowest BCUT2D eigenvalue weighted by Crippen LogP contribution is -2.38. The molecule has 1 aromatic rings. The van der Waals surface area contributed by atoms with Crippen molar-refractivity contribution < 1.29 is 23.0 Å². The number of likely N-dealkylation sites (N-methyl/N-ethyl adjacent to an activating group) is 1. The first-order chi connectivity index (χ1) is 13.0. The minimum Gasteiger partial charge on any atom is -0.497 e. The second kappa shape index (κ2) is 15.5. The average molecular weight is 516 g/mol. The highest BCUT2D eigenvalue weighted by molar-refractivity contribution is 14.0. The van der Waals surface area contributed by atoms with Gasteiger partial charge in [0, 0.05) is 39.4 Å². The van der Waals surface area contributed by atoms with Crippen LogP contribution in [0.5, 0.6) is 11.5 Å². The molecule has 0 spiro atoms. The van der Waals surface area contributed by atoms with E-state index in [9.17, 15) is 8.78 Å². The summed E-state index contributed by atoms with van der Waals surface area (Å²) < 4.78 is 39.9. The van der Waals surface area contributed by atoms with Crippen LogP contribution < -0.4 is 20.1 Å². The van der Waals surface area contributed by atoms with Crippen LogP contribution in [0, 0.1) is 0 Å². The number of methoxy groups -OCH3 is 2. The van der Waals surface area contributed by atoms with Gasteiger partial charge in [0.15, 0.2) is 5.96 Å². The first kappa shape index (κ1) is 26.6. The smallest absolute Gasteiger partial charge is 0.387 e. The maximum absolute atomic E-state index is 12.6. The molecular weight excluding hydrogens is 485 g/mol. The van der Waals surface area contributed by atoms with Crippen molar-refractivity contribution >= 4 is 29.9 Å². The SMILES string of the molecule is CN=C(NCCCN(C)CCOC)NCc1cc(OC)ccc1OC(F)F.I. The van der Waals surface area contributed by atoms with Crippen LogP contribution in [-0.4, -0.2) is 72.0 Å². The number of halogens is 3. The molecular formula is C18H31F2IN4O3. The molecule has 0 saturated heterocycles. The van der Waals surface area contributed by atoms with E-state index in [1.54, 1.807) is 26.3 Å². The molecule has 0 aliphatic carbocycles. The number of guanidine groups is 1. The fourth-order valence-corrected chi connectivity index (χ4v) is 2.35. The first-order valence-corrected chi connectivity index (χ1v) is 8.73. The molecule has 0 radical (unpaired) electrons. The molecule has 0 bridgehead atoms. The van der Waals surface area contributed by atoms with Gasteiger partial charge >= 0.3 is 6.61 Å². The van der Waals surface area contributed by atoms with Gasteiger partial charge in [-0.25, -0.2) is 0 Å². The lowest BCUT2D eigenvalue weighted by atomic mass is 10.2. The van der Waals surface area contributed by atoms with Crippen molar-refractivity contribution in [2.24, 2.45) is 4.99 Å². The van der Waals surface area contributed by atoms with Gasteiger partial charge in [0.05, 0.1) is 13.7 Å². The van der Waals surface area contributed by atoms with E-state index in [1.165, 1.54) is 13.2 Å². The summed E-state index contributed by atoms with van der Waals surface area (Å²) in [5.74, 6) is 1.25. The summed E-state index contributed by atoms with van der Waals surface area (Å²) in [6.07, 6.45) is 0.930. The average Bonchev–Trinajstić information content (AvgIpc) is 2.66. The van der Waals surface area contributed by atoms with Crippen LogP contribution in [0.4, 0.5) is 8.78 Å². The summed E-state index contributed by atoms with van der Waals surface area (Å²) in [6, 6.07) is 4.70. The van der Waals surface area contributed by atoms with Gasteiger partial charge < -0.3 is 29.7 Å². The van der Waals surface area contributed by atoms with Crippen molar-refractivity contribution in [1.82, 2.24) is 15.5 Å². The number of hydrogen-bond donors (Lipinski definition) is 2. The summed E-state index contributed by atoms with van der Waals surface area (Å²) in [5, 5.41) is 6.30. The third kappa shape index (κ3) is 10.8. The van der Waals surface area contributed by atoms with Gasteiger partial charge in [-0.3, -0.25) is 4.99 Å². The van der Waals surface area contributed by atoms with Crippen LogP contribution in [0.15, 0.2) is 23.2 Å². The number of ether oxygens (including phenoxy) is 3. The van der Waals surface area contributed by atoms with Gasteiger partial charge in [-0.15, -0.1) is 24.0 Å². The molecule has 0 aliphatic heterocycles. The van der Waals surface area contributed by atoms with Gasteiger partial charge in [0.1, 0.15) is 11.5 Å². The zero-order valence-corrected chi connectivity index (χ0v) is 19.2. The quantitative estimate of drug-likeness (QED) is 0.193. The Bertz CT molecular complexity index is 580. The van der Waals surface area contributed by atoms with E-state index in [0.717, 1.165) is 26.1 Å². The maximum atomic E-state index is 12.6. The van der Waals surface area contributed by atoms with Crippen molar-refractivity contribution in [3.8, 4) is 11.5 Å². The number of rotatable bonds is 12. The lowest BCUT2D eigenvalue weighted by molar-refractivity contribution is -0.0504. The zero-order valence-electron chi connectivity index (χ0n) is 16.8. The summed E-state index contributed by atoms with van der Waals surface area (Å²) in [6.45, 7) is 0.630. The molecule has 0 heterocycles. The van der Waals surface area contributed by atoms with E-state index in [4.69, 9.17) is 9.47 Å². The molecule has 1 rings (SSSR count). The molecule has 0 unspecified atom stereocenters. The number of alkyl halides is 2. The largest absolute Gasteiger partial charge is 0.497 e. The molecule has 1 aromatic carbocycles. The normalized spacial score (nSPS) is 11.4. The molecule has 2 N–H and O–H groups in total. The zero-order chi connectivity index (χ0) is 20.1. The Morgan fingerprint density at radius 3 is 2.57 bits per heavy atom. The van der Waals surface area contributed by atoms with Crippen LogP contribution in [0.2, 0.25) is 0 Å². The predicted molar refractivity (Wildman–Crippen MR) is 117 cm³/mol. The van der Waals surface area contributed by atoms with Gasteiger partial charge in [-0.1, -0.05) is 0 Å². The number of hydrogen-bond acceptors (Lipinski definition) is 5. The highest BCUT2D eigenvalue weighted by Gasteiger charge is 2.11. The Balaban J connectivity index is 0.00000729. The molecule has 0 saturated carbocycles. The number of benzene rings is 1. The van der Waals surface area contributed by atoms with Crippen LogP contribution in [0.1, 0.15) is 12.0 Å². The number of nitrogens with one attached hydrogen (secondary N) is 2. The molecule has 10 heteroatoms. The van der Waals surface area contributed by atoms with Gasteiger partial charge in [-0.05, 0) is 38.2 Å². The van der Waals surface area contributed by atoms with Crippen LogP contribution in [0.25, 0.3) is 0 Å². The van der Waals surface area contributed by atoms with E-state index in [-0.39, 0.29) is 36.3 Å². The topological polar surface area (TPSA) is 67.4 Å². The fraction of sp³-hybridized carbons (Fsp3) is 0.611. The molecule has 0 fully saturated rings. The van der Waals surface area contributed by atoms with Crippen LogP contribution in [-0.2, 0) is 11.3 Å². The summed E-state index contributed by atoms with van der Waals surface area (Å²) in [5.41, 5.74) is 0.553. The monoisotopic (exact) mass is 516 g/mol. The van der Waals surface area contributed by atoms with E-state index in [0.29, 0.717) is 23.9 Å². The minimum absolute atomic E-state index is 0. The molecule has 0 aromatic heterocycles. The Labute approximate surface area is 182 Å². The maximum Gasteiger partial charge on any atom is 0.387 e. The lowest BCUT2D eigenvalue weighted by Gasteiger charge is -2.17. The van der Waals surface area contributed by atoms with E-state index < -0.39 is 6.61 Å². The van der Waals surface area contributed by atoms with Crippen LogP contribution in [0.3, 0.4) is 0 Å². The van der Waals surface area contributed by atoms with Crippen molar-refractivity contribution in [2.45, 2.75) is 19.6 Å². The standard InChI is InChI=1S/C18H30F2N4O3.HI/c1-21-18(22-8-5-9-24(2)10-11-25-3)23-13-14-12-15(26-4)6-7-16(14)27-17(19)20;/h6-7,12,17H,5,8-11,13H2,1-4H3,(H2,21,22,23);1H. The van der Waals surface area contributed by atoms with E-state index in [1.807, 2.05) is 7.05 Å². The van der Waals surface area contributed by atoms with Crippen molar-refractivity contribution in [3.63, 3.8) is 0 Å². The number of aliphatic imine (C=N–C) groups is 1. The third-order valence-corrected chi connectivity index (χ3v) is 3.84. The summed E-state index contributed by atoms with van der Waals surface area (Å²) in [4.78, 5) is 6.33. The van der Waals surface area contributed by atoms with Gasteiger partial charge in [0.2, 0.25) is 0 Å².